The van der Waals surface area contributed by atoms with E-state index in [9.17, 15) is 4.79 Å². The zero-order valence-corrected chi connectivity index (χ0v) is 13.6. The summed E-state index contributed by atoms with van der Waals surface area (Å²) in [5.41, 5.74) is 2.28. The lowest BCUT2D eigenvalue weighted by atomic mass is 10.2. The lowest BCUT2D eigenvalue weighted by Crippen LogP contribution is -2.39. The number of rotatable bonds is 6. The fourth-order valence-electron chi connectivity index (χ4n) is 2.55. The van der Waals surface area contributed by atoms with Crippen molar-refractivity contribution in [2.45, 2.75) is 33.1 Å². The Labute approximate surface area is 132 Å². The number of carbonyl (C=O) groups excluding carboxylic acids is 1. The van der Waals surface area contributed by atoms with Crippen LogP contribution in [0, 0.1) is 0 Å². The monoisotopic (exact) mass is 302 g/mol. The van der Waals surface area contributed by atoms with Crippen molar-refractivity contribution in [1.82, 2.24) is 10.6 Å². The van der Waals surface area contributed by atoms with Crippen molar-refractivity contribution in [2.75, 3.05) is 31.1 Å². The Morgan fingerprint density at radius 3 is 2.86 bits per heavy atom. The predicted octanol–water partition coefficient (Wildman–Crippen LogP) is 1.93. The third-order valence-electron chi connectivity index (χ3n) is 3.73. The van der Waals surface area contributed by atoms with Crippen LogP contribution in [0.15, 0.2) is 29.3 Å². The highest BCUT2D eigenvalue weighted by Crippen LogP contribution is 2.27. The Morgan fingerprint density at radius 1 is 1.27 bits per heavy atom. The number of aliphatic imine (C=N–C) groups is 1. The number of unbranched alkanes of at least 4 members (excludes halogenated alkanes) is 1. The fourth-order valence-corrected chi connectivity index (χ4v) is 2.55. The minimum absolute atomic E-state index is 0.0534. The van der Waals surface area contributed by atoms with Crippen molar-refractivity contribution in [1.29, 1.82) is 0 Å². The third-order valence-corrected chi connectivity index (χ3v) is 3.73. The highest BCUT2D eigenvalue weighted by Gasteiger charge is 2.23. The number of carbonyl (C=O) groups is 1. The van der Waals surface area contributed by atoms with Crippen molar-refractivity contribution in [2.24, 2.45) is 4.99 Å². The van der Waals surface area contributed by atoms with Gasteiger partial charge >= 0.3 is 0 Å². The van der Waals surface area contributed by atoms with Crippen LogP contribution in [0.1, 0.15) is 32.3 Å². The highest BCUT2D eigenvalue weighted by molar-refractivity contribution is 5.98. The van der Waals surface area contributed by atoms with Crippen molar-refractivity contribution < 1.29 is 4.79 Å². The van der Waals surface area contributed by atoms with Crippen molar-refractivity contribution in [3.8, 4) is 0 Å². The molecular weight excluding hydrogens is 276 g/mol. The van der Waals surface area contributed by atoms with E-state index in [-0.39, 0.29) is 12.5 Å². The number of anilines is 1. The Morgan fingerprint density at radius 2 is 2.09 bits per heavy atom. The molecule has 5 nitrogen and oxygen atoms in total. The Hall–Kier alpha value is -2.04. The summed E-state index contributed by atoms with van der Waals surface area (Å²) in [6.45, 7) is 6.78. The van der Waals surface area contributed by atoms with Crippen molar-refractivity contribution in [3.63, 3.8) is 0 Å². The predicted molar refractivity (Wildman–Crippen MR) is 91.4 cm³/mol. The standard InChI is InChI=1S/C17H26N4O/c1-3-5-11-19-17(18-4-2)20-13-16(22)21-12-10-14-8-6-7-9-15(14)21/h6-9H,3-5,10-13H2,1-2H3,(H2,18,19,20). The number of benzene rings is 1. The normalized spacial score (nSPS) is 13.9. The molecule has 2 N–H and O–H groups in total. The van der Waals surface area contributed by atoms with Gasteiger partial charge in [0.1, 0.15) is 6.54 Å². The number of para-hydroxylation sites is 1. The molecule has 0 saturated heterocycles. The molecule has 0 bridgehead atoms. The fraction of sp³-hybridized carbons (Fsp3) is 0.529. The van der Waals surface area contributed by atoms with Gasteiger partial charge in [-0.3, -0.25) is 4.79 Å². The van der Waals surface area contributed by atoms with E-state index in [0.717, 1.165) is 50.5 Å². The molecule has 0 radical (unpaired) electrons. The van der Waals surface area contributed by atoms with Crippen molar-refractivity contribution in [3.05, 3.63) is 29.8 Å². The van der Waals surface area contributed by atoms with Gasteiger partial charge in [0, 0.05) is 25.3 Å². The molecule has 1 aliphatic heterocycles. The molecule has 1 aromatic carbocycles. The molecule has 0 aromatic heterocycles. The second-order valence-corrected chi connectivity index (χ2v) is 5.40. The molecular formula is C17H26N4O. The van der Waals surface area contributed by atoms with Crippen LogP contribution in [0.2, 0.25) is 0 Å². The number of hydrogen-bond donors (Lipinski definition) is 2. The first-order valence-corrected chi connectivity index (χ1v) is 8.16. The van der Waals surface area contributed by atoms with E-state index in [1.807, 2.05) is 30.0 Å². The second-order valence-electron chi connectivity index (χ2n) is 5.40. The number of nitrogens with zero attached hydrogens (tertiary/aromatic N) is 2. The van der Waals surface area contributed by atoms with Gasteiger partial charge in [0.05, 0.1) is 0 Å². The summed E-state index contributed by atoms with van der Waals surface area (Å²) in [5, 5.41) is 6.43. The lowest BCUT2D eigenvalue weighted by Gasteiger charge is -2.17. The van der Waals surface area contributed by atoms with E-state index in [4.69, 9.17) is 0 Å². The molecule has 0 unspecified atom stereocenters. The first-order chi connectivity index (χ1) is 10.8. The van der Waals surface area contributed by atoms with Crippen LogP contribution in [0.4, 0.5) is 5.69 Å². The van der Waals surface area contributed by atoms with E-state index in [2.05, 4.69) is 28.6 Å². The summed E-state index contributed by atoms with van der Waals surface area (Å²) in [6, 6.07) is 8.09. The molecule has 120 valence electrons. The van der Waals surface area contributed by atoms with Gasteiger partial charge in [-0.05, 0) is 31.4 Å². The average Bonchev–Trinajstić information content (AvgIpc) is 2.96. The first kappa shape index (κ1) is 16.3. The molecule has 1 aromatic rings. The quantitative estimate of drug-likeness (QED) is 0.479. The Bertz CT molecular complexity index is 527. The summed E-state index contributed by atoms with van der Waals surface area (Å²) in [5.74, 6) is 0.773. The largest absolute Gasteiger partial charge is 0.357 e. The molecule has 1 aliphatic rings. The summed E-state index contributed by atoms with van der Waals surface area (Å²) in [6.07, 6.45) is 3.16. The van der Waals surface area contributed by atoms with Gasteiger partial charge in [0.2, 0.25) is 5.91 Å². The van der Waals surface area contributed by atoms with Gasteiger partial charge in [-0.1, -0.05) is 31.5 Å². The van der Waals surface area contributed by atoms with E-state index in [1.54, 1.807) is 0 Å². The maximum Gasteiger partial charge on any atom is 0.248 e. The van der Waals surface area contributed by atoms with E-state index in [1.165, 1.54) is 5.56 Å². The maximum atomic E-state index is 12.4. The average molecular weight is 302 g/mol. The minimum atomic E-state index is 0.0534. The molecule has 2 rings (SSSR count). The molecule has 1 heterocycles. The maximum absolute atomic E-state index is 12.4. The van der Waals surface area contributed by atoms with E-state index >= 15 is 0 Å². The van der Waals surface area contributed by atoms with Crippen LogP contribution >= 0.6 is 0 Å². The smallest absolute Gasteiger partial charge is 0.248 e. The van der Waals surface area contributed by atoms with Crippen LogP contribution in [-0.2, 0) is 11.2 Å². The van der Waals surface area contributed by atoms with Crippen LogP contribution < -0.4 is 15.5 Å². The minimum Gasteiger partial charge on any atom is -0.357 e. The molecule has 0 spiro atoms. The van der Waals surface area contributed by atoms with Crippen LogP contribution in [-0.4, -0.2) is 38.0 Å². The molecule has 5 heteroatoms. The zero-order valence-electron chi connectivity index (χ0n) is 13.6. The van der Waals surface area contributed by atoms with Gasteiger partial charge in [-0.15, -0.1) is 0 Å². The Balaban J connectivity index is 1.94. The van der Waals surface area contributed by atoms with Gasteiger partial charge < -0.3 is 15.5 Å². The molecule has 1 amide bonds. The molecule has 0 saturated carbocycles. The van der Waals surface area contributed by atoms with Gasteiger partial charge in [0.15, 0.2) is 5.96 Å². The van der Waals surface area contributed by atoms with Crippen LogP contribution in [0.5, 0.6) is 0 Å². The van der Waals surface area contributed by atoms with Crippen LogP contribution in [0.25, 0.3) is 0 Å². The first-order valence-electron chi connectivity index (χ1n) is 8.16. The van der Waals surface area contributed by atoms with E-state index < -0.39 is 0 Å². The van der Waals surface area contributed by atoms with Gasteiger partial charge in [-0.2, -0.15) is 0 Å². The SMILES string of the molecule is CCCCNC(=NCC(=O)N1CCc2ccccc21)NCC. The topological polar surface area (TPSA) is 56.7 Å². The number of guanidine groups is 1. The summed E-state index contributed by atoms with van der Waals surface area (Å²) in [4.78, 5) is 18.7. The van der Waals surface area contributed by atoms with Crippen LogP contribution in [0.3, 0.4) is 0 Å². The highest BCUT2D eigenvalue weighted by atomic mass is 16.2. The van der Waals surface area contributed by atoms with Gasteiger partial charge in [-0.25, -0.2) is 4.99 Å². The summed E-state index contributed by atoms with van der Waals surface area (Å²) in [7, 11) is 0. The lowest BCUT2D eigenvalue weighted by molar-refractivity contribution is -0.117. The van der Waals surface area contributed by atoms with E-state index in [0.29, 0.717) is 0 Å². The summed E-state index contributed by atoms with van der Waals surface area (Å²) < 4.78 is 0. The summed E-state index contributed by atoms with van der Waals surface area (Å²) >= 11 is 0. The number of nitrogens with one attached hydrogen (secondary N) is 2. The molecule has 22 heavy (non-hydrogen) atoms. The molecule has 0 fully saturated rings. The Kier molecular flexibility index (Phi) is 6.25. The third kappa shape index (κ3) is 4.23. The second kappa shape index (κ2) is 8.41. The number of hydrogen-bond acceptors (Lipinski definition) is 2. The number of fused-ring (bicyclic) bond motifs is 1. The molecule has 0 aliphatic carbocycles. The van der Waals surface area contributed by atoms with Crippen molar-refractivity contribution >= 4 is 17.6 Å². The molecule has 0 atom stereocenters. The van der Waals surface area contributed by atoms with Gasteiger partial charge in [0.25, 0.3) is 0 Å². The number of amides is 1. The zero-order chi connectivity index (χ0) is 15.8.